The molecule has 1 heterocycles. The minimum Gasteiger partial charge on any atom is -0.346 e. The average Bonchev–Trinajstić information content (AvgIpc) is 2.60. The van der Waals surface area contributed by atoms with E-state index in [0.717, 1.165) is 6.92 Å². The van der Waals surface area contributed by atoms with Crippen molar-refractivity contribution in [3.05, 3.63) is 83.3 Å². The molecule has 2 aromatic rings. The Morgan fingerprint density at radius 2 is 1.74 bits per heavy atom. The summed E-state index contributed by atoms with van der Waals surface area (Å²) in [6, 6.07) is 12.4. The van der Waals surface area contributed by atoms with E-state index >= 15 is 0 Å². The van der Waals surface area contributed by atoms with Gasteiger partial charge >= 0.3 is 0 Å². The van der Waals surface area contributed by atoms with Gasteiger partial charge in [0.25, 0.3) is 5.92 Å². The van der Waals surface area contributed by atoms with Crippen molar-refractivity contribution in [2.24, 2.45) is 0 Å². The number of guanidine groups is 1. The summed E-state index contributed by atoms with van der Waals surface area (Å²) in [5.41, 5.74) is 0.599. The summed E-state index contributed by atoms with van der Waals surface area (Å²) in [7, 11) is 1.69. The lowest BCUT2D eigenvalue weighted by molar-refractivity contribution is 0.0174. The summed E-state index contributed by atoms with van der Waals surface area (Å²) in [5.74, 6) is -3.69. The van der Waals surface area contributed by atoms with Crippen molar-refractivity contribution in [2.45, 2.75) is 31.2 Å². The SMILES string of the molecule is C=C1[C@@H](c2ccc(C(C)(F)F)cc2)[C@@](C)(c2ccccc2F)NC(=N)N1C. The molecule has 1 fully saturated rings. The fourth-order valence-corrected chi connectivity index (χ4v) is 3.67. The van der Waals surface area contributed by atoms with Crippen molar-refractivity contribution in [3.63, 3.8) is 0 Å². The van der Waals surface area contributed by atoms with Crippen LogP contribution in [0, 0.1) is 11.2 Å². The summed E-state index contributed by atoms with van der Waals surface area (Å²) < 4.78 is 41.8. The number of likely N-dealkylation sites (N-methyl/N-ethyl adjacent to an activating group) is 1. The minimum atomic E-state index is -2.94. The fourth-order valence-electron chi connectivity index (χ4n) is 3.67. The first kappa shape index (κ1) is 19.0. The van der Waals surface area contributed by atoms with Crippen molar-refractivity contribution in [1.82, 2.24) is 10.2 Å². The molecule has 2 aromatic carbocycles. The Kier molecular flexibility index (Phi) is 4.54. The van der Waals surface area contributed by atoms with E-state index in [-0.39, 0.29) is 11.5 Å². The van der Waals surface area contributed by atoms with E-state index in [4.69, 9.17) is 5.41 Å². The van der Waals surface area contributed by atoms with Crippen LogP contribution in [0.4, 0.5) is 13.2 Å². The predicted molar refractivity (Wildman–Crippen MR) is 100 cm³/mol. The van der Waals surface area contributed by atoms with Crippen LogP contribution in [0.5, 0.6) is 0 Å². The first-order valence-electron chi connectivity index (χ1n) is 8.58. The summed E-state index contributed by atoms with van der Waals surface area (Å²) >= 11 is 0. The van der Waals surface area contributed by atoms with E-state index < -0.39 is 23.2 Å². The van der Waals surface area contributed by atoms with E-state index in [1.807, 2.05) is 0 Å². The zero-order chi connectivity index (χ0) is 20.0. The largest absolute Gasteiger partial charge is 0.346 e. The molecule has 0 aromatic heterocycles. The third-order valence-corrected chi connectivity index (χ3v) is 5.24. The van der Waals surface area contributed by atoms with Crippen LogP contribution in [-0.2, 0) is 11.5 Å². The number of hydrogen-bond acceptors (Lipinski definition) is 1. The summed E-state index contributed by atoms with van der Waals surface area (Å²) in [6.45, 7) is 6.75. The van der Waals surface area contributed by atoms with Gasteiger partial charge in [0.2, 0.25) is 0 Å². The second kappa shape index (κ2) is 6.44. The van der Waals surface area contributed by atoms with Gasteiger partial charge in [0.1, 0.15) is 5.82 Å². The van der Waals surface area contributed by atoms with Crippen LogP contribution in [0.3, 0.4) is 0 Å². The van der Waals surface area contributed by atoms with E-state index in [9.17, 15) is 13.2 Å². The number of rotatable bonds is 3. The zero-order valence-electron chi connectivity index (χ0n) is 15.5. The third-order valence-electron chi connectivity index (χ3n) is 5.24. The molecular weight excluding hydrogens is 351 g/mol. The highest BCUT2D eigenvalue weighted by Crippen LogP contribution is 2.45. The maximum Gasteiger partial charge on any atom is 0.270 e. The average molecular weight is 373 g/mol. The molecule has 0 unspecified atom stereocenters. The number of alkyl halides is 2. The van der Waals surface area contributed by atoms with Crippen molar-refractivity contribution in [2.75, 3.05) is 7.05 Å². The Labute approximate surface area is 157 Å². The molecule has 27 heavy (non-hydrogen) atoms. The van der Waals surface area contributed by atoms with Gasteiger partial charge < -0.3 is 10.2 Å². The van der Waals surface area contributed by atoms with E-state index in [1.165, 1.54) is 18.2 Å². The Morgan fingerprint density at radius 3 is 2.30 bits per heavy atom. The van der Waals surface area contributed by atoms with Crippen LogP contribution < -0.4 is 5.32 Å². The van der Waals surface area contributed by atoms with Gasteiger partial charge in [0, 0.05) is 30.8 Å². The van der Waals surface area contributed by atoms with Gasteiger partial charge in [-0.3, -0.25) is 5.41 Å². The monoisotopic (exact) mass is 373 g/mol. The highest BCUT2D eigenvalue weighted by atomic mass is 19.3. The van der Waals surface area contributed by atoms with Crippen molar-refractivity contribution in [3.8, 4) is 0 Å². The number of hydrogen-bond donors (Lipinski definition) is 2. The van der Waals surface area contributed by atoms with E-state index in [2.05, 4.69) is 11.9 Å². The van der Waals surface area contributed by atoms with Crippen molar-refractivity contribution >= 4 is 5.96 Å². The Balaban J connectivity index is 2.15. The van der Waals surface area contributed by atoms with Crippen LogP contribution in [-0.4, -0.2) is 17.9 Å². The Morgan fingerprint density at radius 1 is 1.15 bits per heavy atom. The van der Waals surface area contributed by atoms with Crippen LogP contribution in [0.25, 0.3) is 0 Å². The molecule has 142 valence electrons. The lowest BCUT2D eigenvalue weighted by Gasteiger charge is -2.48. The molecule has 1 aliphatic heterocycles. The van der Waals surface area contributed by atoms with Gasteiger partial charge in [-0.05, 0) is 18.6 Å². The van der Waals surface area contributed by atoms with Crippen LogP contribution >= 0.6 is 0 Å². The number of halogens is 3. The standard InChI is InChI=1S/C21H22F3N3/c1-13-18(14-9-11-15(12-10-14)21(3,23)24)20(2,26-19(25)27(13)4)16-7-5-6-8-17(16)22/h5-12,18H,1H2,2-4H3,(H2,25,26)/t18-,20+/m0/s1. The Hall–Kier alpha value is -2.76. The number of benzene rings is 2. The second-order valence-corrected chi connectivity index (χ2v) is 7.15. The van der Waals surface area contributed by atoms with E-state index in [0.29, 0.717) is 16.8 Å². The van der Waals surface area contributed by atoms with Gasteiger partial charge in [0.05, 0.1) is 11.5 Å². The topological polar surface area (TPSA) is 39.1 Å². The van der Waals surface area contributed by atoms with Crippen molar-refractivity contribution in [1.29, 1.82) is 5.41 Å². The molecule has 2 N–H and O–H groups in total. The third kappa shape index (κ3) is 3.20. The highest BCUT2D eigenvalue weighted by Gasteiger charge is 2.46. The molecule has 1 aliphatic rings. The maximum atomic E-state index is 14.6. The van der Waals surface area contributed by atoms with Crippen molar-refractivity contribution < 1.29 is 13.2 Å². The molecule has 0 saturated carbocycles. The number of nitrogens with one attached hydrogen (secondary N) is 2. The van der Waals surface area contributed by atoms with Gasteiger partial charge in [-0.25, -0.2) is 13.2 Å². The zero-order valence-corrected chi connectivity index (χ0v) is 15.5. The summed E-state index contributed by atoms with van der Waals surface area (Å²) in [4.78, 5) is 1.58. The maximum absolute atomic E-state index is 14.6. The molecule has 0 spiro atoms. The molecule has 2 atom stereocenters. The molecule has 6 heteroatoms. The normalized spacial score (nSPS) is 23.3. The molecular formula is C21H22F3N3. The fraction of sp³-hybridized carbons (Fsp3) is 0.286. The smallest absolute Gasteiger partial charge is 0.270 e. The molecule has 0 amide bonds. The highest BCUT2D eigenvalue weighted by molar-refractivity contribution is 5.82. The van der Waals surface area contributed by atoms with E-state index in [1.54, 1.807) is 49.2 Å². The first-order chi connectivity index (χ1) is 12.6. The van der Waals surface area contributed by atoms with Gasteiger partial charge in [-0.15, -0.1) is 0 Å². The molecule has 3 rings (SSSR count). The molecule has 0 aliphatic carbocycles. The second-order valence-electron chi connectivity index (χ2n) is 7.15. The molecule has 0 bridgehead atoms. The minimum absolute atomic E-state index is 0.0886. The molecule has 1 saturated heterocycles. The van der Waals surface area contributed by atoms with Crippen LogP contribution in [0.1, 0.15) is 36.5 Å². The van der Waals surface area contributed by atoms with Gasteiger partial charge in [-0.1, -0.05) is 49.0 Å². The summed E-state index contributed by atoms with van der Waals surface area (Å²) in [6.07, 6.45) is 0. The molecule has 0 radical (unpaired) electrons. The molecule has 3 nitrogen and oxygen atoms in total. The predicted octanol–water partition coefficient (Wildman–Crippen LogP) is 4.92. The Bertz CT molecular complexity index is 886. The quantitative estimate of drug-likeness (QED) is 0.802. The first-order valence-corrected chi connectivity index (χ1v) is 8.58. The lowest BCUT2D eigenvalue weighted by atomic mass is 9.72. The lowest BCUT2D eigenvalue weighted by Crippen LogP contribution is -2.59. The van der Waals surface area contributed by atoms with Gasteiger partial charge in [-0.2, -0.15) is 0 Å². The van der Waals surface area contributed by atoms with Crippen LogP contribution in [0.15, 0.2) is 60.8 Å². The number of nitrogens with zero attached hydrogens (tertiary/aromatic N) is 1. The van der Waals surface area contributed by atoms with Gasteiger partial charge in [0.15, 0.2) is 5.96 Å². The van der Waals surface area contributed by atoms with Crippen LogP contribution in [0.2, 0.25) is 0 Å². The summed E-state index contributed by atoms with van der Waals surface area (Å²) in [5, 5.41) is 11.3.